The average molecular weight is 293 g/mol. The number of carbonyl (C=O) groups is 2. The molecule has 5 nitrogen and oxygen atoms in total. The van der Waals surface area contributed by atoms with Crippen LogP contribution in [0.4, 0.5) is 0 Å². The molecule has 3 fully saturated rings. The third-order valence-corrected chi connectivity index (χ3v) is 5.18. The highest BCUT2D eigenvalue weighted by Gasteiger charge is 2.46. The summed E-state index contributed by atoms with van der Waals surface area (Å²) < 4.78 is 0. The third-order valence-electron chi connectivity index (χ3n) is 5.18. The van der Waals surface area contributed by atoms with Crippen LogP contribution in [0.5, 0.6) is 0 Å². The number of hydrogen-bond acceptors (Lipinski definition) is 3. The highest BCUT2D eigenvalue weighted by atomic mass is 16.2. The van der Waals surface area contributed by atoms with Crippen molar-refractivity contribution in [2.45, 2.75) is 51.1 Å². The molecule has 2 saturated heterocycles. The molecule has 21 heavy (non-hydrogen) atoms. The van der Waals surface area contributed by atoms with Gasteiger partial charge in [-0.3, -0.25) is 9.59 Å². The Bertz CT molecular complexity index is 422. The van der Waals surface area contributed by atoms with E-state index in [1.165, 1.54) is 12.8 Å². The first-order valence-corrected chi connectivity index (χ1v) is 8.39. The first-order chi connectivity index (χ1) is 10.1. The van der Waals surface area contributed by atoms with Crippen LogP contribution < -0.4 is 5.32 Å². The van der Waals surface area contributed by atoms with Gasteiger partial charge in [0, 0.05) is 13.1 Å². The highest BCUT2D eigenvalue weighted by molar-refractivity contribution is 5.97. The number of likely N-dealkylation sites (tertiary alicyclic amines) is 1. The monoisotopic (exact) mass is 293 g/mol. The summed E-state index contributed by atoms with van der Waals surface area (Å²) >= 11 is 0. The molecule has 2 amide bonds. The number of nitrogens with zero attached hydrogens (tertiary/aromatic N) is 2. The van der Waals surface area contributed by atoms with Crippen molar-refractivity contribution >= 4 is 11.8 Å². The molecule has 1 N–H and O–H groups in total. The Labute approximate surface area is 127 Å². The van der Waals surface area contributed by atoms with Crippen molar-refractivity contribution in [1.82, 2.24) is 15.1 Å². The first-order valence-electron chi connectivity index (χ1n) is 8.39. The predicted molar refractivity (Wildman–Crippen MR) is 80.7 cm³/mol. The van der Waals surface area contributed by atoms with Gasteiger partial charge in [0.15, 0.2) is 0 Å². The number of amides is 2. The van der Waals surface area contributed by atoms with E-state index in [1.54, 1.807) is 0 Å². The van der Waals surface area contributed by atoms with Crippen LogP contribution in [0.3, 0.4) is 0 Å². The van der Waals surface area contributed by atoms with Gasteiger partial charge in [-0.15, -0.1) is 0 Å². The van der Waals surface area contributed by atoms with Gasteiger partial charge < -0.3 is 15.1 Å². The number of piperidine rings is 1. The lowest BCUT2D eigenvalue weighted by Crippen LogP contribution is -2.64. The molecule has 3 aliphatic rings. The van der Waals surface area contributed by atoms with Gasteiger partial charge in [0.25, 0.3) is 0 Å². The van der Waals surface area contributed by atoms with Crippen molar-refractivity contribution < 1.29 is 9.59 Å². The molecule has 0 aromatic carbocycles. The first kappa shape index (κ1) is 14.8. The van der Waals surface area contributed by atoms with Crippen LogP contribution in [0.1, 0.15) is 39.0 Å². The molecule has 1 aliphatic carbocycles. The molecular formula is C16H27N3O2. The van der Waals surface area contributed by atoms with Crippen LogP contribution in [0.2, 0.25) is 0 Å². The molecule has 0 aromatic heterocycles. The fourth-order valence-electron chi connectivity index (χ4n) is 3.86. The molecule has 3 atom stereocenters. The van der Waals surface area contributed by atoms with Gasteiger partial charge in [0.2, 0.25) is 11.8 Å². The van der Waals surface area contributed by atoms with E-state index in [0.29, 0.717) is 18.3 Å². The number of carbonyl (C=O) groups excluding carboxylic acids is 2. The van der Waals surface area contributed by atoms with Crippen LogP contribution in [-0.4, -0.2) is 60.4 Å². The standard InChI is InChI=1S/C16H27N3O2/c1-3-13-15(20)17-14(12-6-7-12)16(21)19(13)10-11-5-4-8-18(2)9-11/h11-14H,3-10H2,1-2H3,(H,17,20). The summed E-state index contributed by atoms with van der Waals surface area (Å²) in [6.45, 7) is 4.93. The Morgan fingerprint density at radius 2 is 2.00 bits per heavy atom. The van der Waals surface area contributed by atoms with Crippen molar-refractivity contribution in [3.8, 4) is 0 Å². The van der Waals surface area contributed by atoms with E-state index in [-0.39, 0.29) is 23.9 Å². The van der Waals surface area contributed by atoms with E-state index in [4.69, 9.17) is 0 Å². The predicted octanol–water partition coefficient (Wildman–Crippen LogP) is 0.844. The molecular weight excluding hydrogens is 266 g/mol. The maximum absolute atomic E-state index is 12.8. The topological polar surface area (TPSA) is 52.7 Å². The van der Waals surface area contributed by atoms with Crippen molar-refractivity contribution in [3.63, 3.8) is 0 Å². The number of hydrogen-bond donors (Lipinski definition) is 1. The Morgan fingerprint density at radius 1 is 1.24 bits per heavy atom. The Kier molecular flexibility index (Phi) is 4.20. The van der Waals surface area contributed by atoms with E-state index in [9.17, 15) is 9.59 Å². The Balaban J connectivity index is 1.71. The second kappa shape index (κ2) is 5.95. The fraction of sp³-hybridized carbons (Fsp3) is 0.875. The maximum Gasteiger partial charge on any atom is 0.246 e. The summed E-state index contributed by atoms with van der Waals surface area (Å²) in [5, 5.41) is 2.96. The largest absolute Gasteiger partial charge is 0.342 e. The van der Waals surface area contributed by atoms with Gasteiger partial charge >= 0.3 is 0 Å². The molecule has 0 bridgehead atoms. The van der Waals surface area contributed by atoms with Crippen molar-refractivity contribution in [2.75, 3.05) is 26.7 Å². The van der Waals surface area contributed by atoms with Crippen molar-refractivity contribution in [1.29, 1.82) is 0 Å². The van der Waals surface area contributed by atoms with Crippen LogP contribution in [-0.2, 0) is 9.59 Å². The summed E-state index contributed by atoms with van der Waals surface area (Å²) in [4.78, 5) is 29.3. The molecule has 2 heterocycles. The average Bonchev–Trinajstić information content (AvgIpc) is 3.27. The molecule has 0 spiro atoms. The number of nitrogens with one attached hydrogen (secondary N) is 1. The molecule has 1 saturated carbocycles. The lowest BCUT2D eigenvalue weighted by Gasteiger charge is -2.42. The van der Waals surface area contributed by atoms with Gasteiger partial charge in [-0.05, 0) is 57.5 Å². The molecule has 5 heteroatoms. The van der Waals surface area contributed by atoms with Gasteiger partial charge in [-0.2, -0.15) is 0 Å². The van der Waals surface area contributed by atoms with Gasteiger partial charge in [-0.25, -0.2) is 0 Å². The van der Waals surface area contributed by atoms with E-state index in [2.05, 4.69) is 17.3 Å². The summed E-state index contributed by atoms with van der Waals surface area (Å²) in [6.07, 6.45) is 5.22. The van der Waals surface area contributed by atoms with Crippen LogP contribution >= 0.6 is 0 Å². The molecule has 118 valence electrons. The summed E-state index contributed by atoms with van der Waals surface area (Å²) in [6, 6.07) is -0.513. The quantitative estimate of drug-likeness (QED) is 0.836. The second-order valence-corrected chi connectivity index (χ2v) is 7.01. The van der Waals surface area contributed by atoms with E-state index < -0.39 is 0 Å². The minimum absolute atomic E-state index is 0.0539. The molecule has 0 aromatic rings. The van der Waals surface area contributed by atoms with Crippen LogP contribution in [0.15, 0.2) is 0 Å². The molecule has 0 radical (unpaired) electrons. The van der Waals surface area contributed by atoms with Crippen LogP contribution in [0, 0.1) is 11.8 Å². The smallest absolute Gasteiger partial charge is 0.246 e. The minimum Gasteiger partial charge on any atom is -0.342 e. The van der Waals surface area contributed by atoms with Crippen LogP contribution in [0.25, 0.3) is 0 Å². The zero-order chi connectivity index (χ0) is 15.0. The Hall–Kier alpha value is -1.10. The summed E-state index contributed by atoms with van der Waals surface area (Å²) in [5.41, 5.74) is 0. The maximum atomic E-state index is 12.8. The van der Waals surface area contributed by atoms with Gasteiger partial charge in [-0.1, -0.05) is 6.92 Å². The summed E-state index contributed by atoms with van der Waals surface area (Å²) in [5.74, 6) is 1.11. The second-order valence-electron chi connectivity index (χ2n) is 7.01. The van der Waals surface area contributed by atoms with Crippen molar-refractivity contribution in [2.24, 2.45) is 11.8 Å². The minimum atomic E-state index is -0.264. The van der Waals surface area contributed by atoms with Gasteiger partial charge in [0.1, 0.15) is 12.1 Å². The summed E-state index contributed by atoms with van der Waals surface area (Å²) in [7, 11) is 2.14. The molecule has 2 aliphatic heterocycles. The van der Waals surface area contributed by atoms with E-state index in [1.807, 2.05) is 11.8 Å². The lowest BCUT2D eigenvalue weighted by atomic mass is 9.94. The fourth-order valence-corrected chi connectivity index (χ4v) is 3.86. The van der Waals surface area contributed by atoms with Crippen molar-refractivity contribution in [3.05, 3.63) is 0 Å². The zero-order valence-electron chi connectivity index (χ0n) is 13.2. The SMILES string of the molecule is CCC1C(=O)NC(C2CC2)C(=O)N1CC1CCCN(C)C1. The zero-order valence-corrected chi connectivity index (χ0v) is 13.2. The van der Waals surface area contributed by atoms with Gasteiger partial charge in [0.05, 0.1) is 0 Å². The molecule has 3 unspecified atom stereocenters. The molecule has 3 rings (SSSR count). The lowest BCUT2D eigenvalue weighted by molar-refractivity contribution is -0.151. The third kappa shape index (κ3) is 3.07. The Morgan fingerprint density at radius 3 is 2.62 bits per heavy atom. The van der Waals surface area contributed by atoms with E-state index >= 15 is 0 Å². The number of piperazine rings is 1. The van der Waals surface area contributed by atoms with E-state index in [0.717, 1.165) is 32.5 Å². The highest BCUT2D eigenvalue weighted by Crippen LogP contribution is 2.35. The normalized spacial score (nSPS) is 35.0. The number of rotatable bonds is 4.